The largest absolute Gasteiger partial charge is 0.389 e. The molecule has 20 heavy (non-hydrogen) atoms. The first-order valence-corrected chi connectivity index (χ1v) is 7.37. The van der Waals surface area contributed by atoms with Gasteiger partial charge in [-0.2, -0.15) is 5.10 Å². The molecule has 1 aliphatic heterocycles. The second-order valence-electron chi connectivity index (χ2n) is 5.79. The van der Waals surface area contributed by atoms with Crippen LogP contribution in [0.3, 0.4) is 0 Å². The molecule has 0 N–H and O–H groups in total. The average molecular weight is 270 g/mol. The Morgan fingerprint density at radius 1 is 1.30 bits per heavy atom. The number of hydrogen-bond donors (Lipinski definition) is 0. The van der Waals surface area contributed by atoms with Gasteiger partial charge in [0.05, 0.1) is 11.9 Å². The Hall–Kier alpha value is -1.91. The van der Waals surface area contributed by atoms with Crippen LogP contribution >= 0.6 is 0 Å². The predicted molar refractivity (Wildman–Crippen MR) is 76.6 cm³/mol. The first-order chi connectivity index (χ1) is 9.80. The van der Waals surface area contributed by atoms with Gasteiger partial charge in [0.15, 0.2) is 5.65 Å². The highest BCUT2D eigenvalue weighted by Crippen LogP contribution is 2.40. The number of oxime groups is 1. The van der Waals surface area contributed by atoms with Gasteiger partial charge < -0.3 is 4.84 Å². The fourth-order valence-electron chi connectivity index (χ4n) is 3.32. The molecule has 1 spiro atoms. The van der Waals surface area contributed by atoms with Crippen LogP contribution in [0.2, 0.25) is 0 Å². The van der Waals surface area contributed by atoms with Gasteiger partial charge in [0.25, 0.3) is 0 Å². The minimum Gasteiger partial charge on any atom is -0.389 e. The Bertz CT molecular complexity index is 682. The number of hydrogen-bond acceptors (Lipinski definition) is 4. The Morgan fingerprint density at radius 3 is 2.95 bits per heavy atom. The predicted octanol–water partition coefficient (Wildman–Crippen LogP) is 2.89. The standard InChI is InChI=1S/C15H18N4O/c1-2-19-14-12(10-17-19)7-11(9-16-14)13-8-15(20-18-13)5-3-4-6-15/h7,9-10H,2-6,8H2,1H3. The van der Waals surface area contributed by atoms with Crippen molar-refractivity contribution in [2.24, 2.45) is 5.16 Å². The van der Waals surface area contributed by atoms with Gasteiger partial charge in [0.2, 0.25) is 0 Å². The van der Waals surface area contributed by atoms with Crippen molar-refractivity contribution in [2.75, 3.05) is 0 Å². The van der Waals surface area contributed by atoms with Gasteiger partial charge in [-0.3, -0.25) is 0 Å². The summed E-state index contributed by atoms with van der Waals surface area (Å²) in [4.78, 5) is 10.3. The van der Waals surface area contributed by atoms with Crippen LogP contribution < -0.4 is 0 Å². The van der Waals surface area contributed by atoms with Crippen LogP contribution in [0.15, 0.2) is 23.6 Å². The van der Waals surface area contributed by atoms with E-state index < -0.39 is 0 Å². The van der Waals surface area contributed by atoms with Gasteiger partial charge in [-0.25, -0.2) is 9.67 Å². The fraction of sp³-hybridized carbons (Fsp3) is 0.533. The first-order valence-electron chi connectivity index (χ1n) is 7.37. The molecule has 0 radical (unpaired) electrons. The third-order valence-corrected chi connectivity index (χ3v) is 4.46. The lowest BCUT2D eigenvalue weighted by atomic mass is 9.93. The lowest BCUT2D eigenvalue weighted by molar-refractivity contribution is -0.0126. The molecule has 104 valence electrons. The number of aromatic nitrogens is 3. The number of rotatable bonds is 2. The summed E-state index contributed by atoms with van der Waals surface area (Å²) in [5.74, 6) is 0. The van der Waals surface area contributed by atoms with Crippen LogP contribution in [0, 0.1) is 0 Å². The van der Waals surface area contributed by atoms with Gasteiger partial charge in [0, 0.05) is 30.1 Å². The van der Waals surface area contributed by atoms with Gasteiger partial charge in [-0.1, -0.05) is 5.16 Å². The maximum absolute atomic E-state index is 5.75. The molecule has 5 nitrogen and oxygen atoms in total. The summed E-state index contributed by atoms with van der Waals surface area (Å²) >= 11 is 0. The molecule has 1 aliphatic carbocycles. The minimum absolute atomic E-state index is 0.0160. The van der Waals surface area contributed by atoms with Crippen molar-refractivity contribution in [1.82, 2.24) is 14.8 Å². The lowest BCUT2D eigenvalue weighted by Gasteiger charge is -2.19. The molecule has 1 fully saturated rings. The van der Waals surface area contributed by atoms with Crippen molar-refractivity contribution in [2.45, 2.75) is 51.2 Å². The third kappa shape index (κ3) is 1.72. The molecular formula is C15H18N4O. The summed E-state index contributed by atoms with van der Waals surface area (Å²) in [7, 11) is 0. The van der Waals surface area contributed by atoms with Crippen LogP contribution in [0.4, 0.5) is 0 Å². The van der Waals surface area contributed by atoms with E-state index in [-0.39, 0.29) is 5.60 Å². The second kappa shape index (κ2) is 4.30. The summed E-state index contributed by atoms with van der Waals surface area (Å²) in [6.07, 6.45) is 9.45. The molecule has 2 aromatic heterocycles. The maximum Gasteiger partial charge on any atom is 0.157 e. The minimum atomic E-state index is -0.0160. The van der Waals surface area contributed by atoms with Crippen LogP contribution in [-0.2, 0) is 11.4 Å². The van der Waals surface area contributed by atoms with E-state index in [1.165, 1.54) is 12.8 Å². The Balaban J connectivity index is 1.66. The van der Waals surface area contributed by atoms with Crippen LogP contribution in [0.1, 0.15) is 44.6 Å². The summed E-state index contributed by atoms with van der Waals surface area (Å²) in [6, 6.07) is 2.12. The second-order valence-corrected chi connectivity index (χ2v) is 5.79. The van der Waals surface area contributed by atoms with Crippen molar-refractivity contribution in [3.63, 3.8) is 0 Å². The van der Waals surface area contributed by atoms with Crippen LogP contribution in [-0.4, -0.2) is 26.1 Å². The van der Waals surface area contributed by atoms with Crippen molar-refractivity contribution >= 4 is 16.7 Å². The molecule has 0 amide bonds. The van der Waals surface area contributed by atoms with E-state index in [0.29, 0.717) is 0 Å². The highest BCUT2D eigenvalue weighted by Gasteiger charge is 2.42. The summed E-state index contributed by atoms with van der Waals surface area (Å²) in [6.45, 7) is 2.91. The molecular weight excluding hydrogens is 252 g/mol. The van der Waals surface area contributed by atoms with Gasteiger partial charge in [-0.15, -0.1) is 0 Å². The van der Waals surface area contributed by atoms with Crippen molar-refractivity contribution < 1.29 is 4.84 Å². The van der Waals surface area contributed by atoms with E-state index in [2.05, 4.69) is 28.2 Å². The topological polar surface area (TPSA) is 52.3 Å². The zero-order valence-electron chi connectivity index (χ0n) is 11.7. The quantitative estimate of drug-likeness (QED) is 0.843. The maximum atomic E-state index is 5.75. The number of pyridine rings is 1. The van der Waals surface area contributed by atoms with E-state index >= 15 is 0 Å². The van der Waals surface area contributed by atoms with Gasteiger partial charge in [-0.05, 0) is 38.7 Å². The zero-order chi connectivity index (χ0) is 13.6. The summed E-state index contributed by atoms with van der Waals surface area (Å²) in [5, 5.41) is 9.73. The summed E-state index contributed by atoms with van der Waals surface area (Å²) < 4.78 is 1.91. The highest BCUT2D eigenvalue weighted by atomic mass is 16.7. The lowest BCUT2D eigenvalue weighted by Crippen LogP contribution is -2.24. The van der Waals surface area contributed by atoms with E-state index in [1.54, 1.807) is 0 Å². The van der Waals surface area contributed by atoms with E-state index in [1.807, 2.05) is 17.1 Å². The normalized spacial score (nSPS) is 20.6. The van der Waals surface area contributed by atoms with E-state index in [4.69, 9.17) is 4.84 Å². The molecule has 2 aromatic rings. The number of aryl methyl sites for hydroxylation is 1. The van der Waals surface area contributed by atoms with E-state index in [9.17, 15) is 0 Å². The monoisotopic (exact) mass is 270 g/mol. The highest BCUT2D eigenvalue weighted by molar-refractivity contribution is 6.03. The van der Waals surface area contributed by atoms with Crippen molar-refractivity contribution in [3.8, 4) is 0 Å². The molecule has 0 saturated heterocycles. The molecule has 0 bridgehead atoms. The molecule has 2 aliphatic rings. The fourth-order valence-corrected chi connectivity index (χ4v) is 3.32. The molecule has 5 heteroatoms. The Labute approximate surface area is 117 Å². The summed E-state index contributed by atoms with van der Waals surface area (Å²) in [5.41, 5.74) is 3.02. The smallest absolute Gasteiger partial charge is 0.157 e. The Kier molecular flexibility index (Phi) is 2.55. The van der Waals surface area contributed by atoms with Crippen LogP contribution in [0.25, 0.3) is 11.0 Å². The Morgan fingerprint density at radius 2 is 2.15 bits per heavy atom. The molecule has 0 aromatic carbocycles. The van der Waals surface area contributed by atoms with Gasteiger partial charge >= 0.3 is 0 Å². The molecule has 3 heterocycles. The molecule has 0 atom stereocenters. The molecule has 1 saturated carbocycles. The van der Waals surface area contributed by atoms with Crippen molar-refractivity contribution in [1.29, 1.82) is 0 Å². The SMILES string of the molecule is CCn1ncc2cc(C3=NOC4(CCCC4)C3)cnc21. The molecule has 0 unspecified atom stereocenters. The average Bonchev–Trinajstić information content (AvgIpc) is 3.19. The van der Waals surface area contributed by atoms with Crippen LogP contribution in [0.5, 0.6) is 0 Å². The van der Waals surface area contributed by atoms with Crippen molar-refractivity contribution in [3.05, 3.63) is 24.0 Å². The first kappa shape index (κ1) is 11.9. The number of nitrogens with zero attached hydrogens (tertiary/aromatic N) is 4. The van der Waals surface area contributed by atoms with Gasteiger partial charge in [0.1, 0.15) is 5.60 Å². The molecule has 4 rings (SSSR count). The van der Waals surface area contributed by atoms with E-state index in [0.717, 1.165) is 48.1 Å². The zero-order valence-corrected chi connectivity index (χ0v) is 11.7. The number of fused-ring (bicyclic) bond motifs is 1. The third-order valence-electron chi connectivity index (χ3n) is 4.46.